The summed E-state index contributed by atoms with van der Waals surface area (Å²) in [5, 5.41) is 6.43. The van der Waals surface area contributed by atoms with Crippen molar-refractivity contribution in [2.75, 3.05) is 4.90 Å². The number of anilines is 1. The van der Waals surface area contributed by atoms with Crippen LogP contribution in [0.3, 0.4) is 0 Å². The predicted molar refractivity (Wildman–Crippen MR) is 74.4 cm³/mol. The molecule has 1 saturated heterocycles. The Morgan fingerprint density at radius 1 is 1.24 bits per heavy atom. The van der Waals surface area contributed by atoms with Crippen LogP contribution in [0.5, 0.6) is 0 Å². The van der Waals surface area contributed by atoms with Gasteiger partial charge >= 0.3 is 6.03 Å². The number of aryl methyl sites for hydroxylation is 1. The van der Waals surface area contributed by atoms with Crippen molar-refractivity contribution >= 4 is 23.5 Å². The molecule has 0 unspecified atom stereocenters. The molecule has 7 nitrogen and oxygen atoms in total. The lowest BCUT2D eigenvalue weighted by molar-refractivity contribution is -0.144. The Morgan fingerprint density at radius 3 is 2.57 bits per heavy atom. The molecular weight excluding hydrogens is 272 g/mol. The number of nitrogens with one attached hydrogen (secondary N) is 1. The van der Waals surface area contributed by atoms with Gasteiger partial charge in [0.25, 0.3) is 5.91 Å². The Hall–Kier alpha value is -2.18. The van der Waals surface area contributed by atoms with Gasteiger partial charge in [-0.25, -0.2) is 9.69 Å². The topological polar surface area (TPSA) is 84.3 Å². The number of hydrogen-bond acceptors (Lipinski definition) is 4. The van der Waals surface area contributed by atoms with E-state index in [0.717, 1.165) is 24.2 Å². The molecule has 2 fully saturated rings. The van der Waals surface area contributed by atoms with Crippen molar-refractivity contribution in [2.45, 2.75) is 45.6 Å². The fourth-order valence-electron chi connectivity index (χ4n) is 3.15. The summed E-state index contributed by atoms with van der Waals surface area (Å²) in [6, 6.07) is -0.683. The first-order chi connectivity index (χ1) is 10.1. The SMILES string of the molecule is CCn1cc(N2C(=O)NC(=O)C3(CCCCC3)C2=O)cn1. The molecule has 1 aliphatic heterocycles. The lowest BCUT2D eigenvalue weighted by Gasteiger charge is -2.40. The Labute approximate surface area is 122 Å². The largest absolute Gasteiger partial charge is 0.335 e. The lowest BCUT2D eigenvalue weighted by Crippen LogP contribution is -2.64. The van der Waals surface area contributed by atoms with Gasteiger partial charge in [-0.1, -0.05) is 19.3 Å². The summed E-state index contributed by atoms with van der Waals surface area (Å²) < 4.78 is 1.64. The van der Waals surface area contributed by atoms with Gasteiger partial charge in [-0.05, 0) is 19.8 Å². The number of rotatable bonds is 2. The Kier molecular flexibility index (Phi) is 3.27. The van der Waals surface area contributed by atoms with E-state index in [4.69, 9.17) is 0 Å². The minimum Gasteiger partial charge on any atom is -0.276 e. The first-order valence-corrected chi connectivity index (χ1v) is 7.31. The average Bonchev–Trinajstić information content (AvgIpc) is 2.95. The molecule has 3 rings (SSSR count). The second-order valence-corrected chi connectivity index (χ2v) is 5.60. The fraction of sp³-hybridized carbons (Fsp3) is 0.571. The first kappa shape index (κ1) is 13.8. The van der Waals surface area contributed by atoms with Gasteiger partial charge in [-0.2, -0.15) is 5.10 Å². The van der Waals surface area contributed by atoms with E-state index in [9.17, 15) is 14.4 Å². The van der Waals surface area contributed by atoms with Crippen molar-refractivity contribution in [1.82, 2.24) is 15.1 Å². The van der Waals surface area contributed by atoms with Gasteiger partial charge in [-0.15, -0.1) is 0 Å². The number of aromatic nitrogens is 2. The van der Waals surface area contributed by atoms with Gasteiger partial charge < -0.3 is 0 Å². The Balaban J connectivity index is 1.98. The quantitative estimate of drug-likeness (QED) is 0.835. The molecule has 1 aliphatic carbocycles. The van der Waals surface area contributed by atoms with E-state index < -0.39 is 23.3 Å². The van der Waals surface area contributed by atoms with Crippen molar-refractivity contribution in [3.05, 3.63) is 12.4 Å². The van der Waals surface area contributed by atoms with E-state index in [1.807, 2.05) is 6.92 Å². The van der Waals surface area contributed by atoms with Crippen molar-refractivity contribution < 1.29 is 14.4 Å². The van der Waals surface area contributed by atoms with Crippen molar-refractivity contribution in [3.8, 4) is 0 Å². The third kappa shape index (κ3) is 2.03. The minimum atomic E-state index is -1.08. The lowest BCUT2D eigenvalue weighted by atomic mass is 9.71. The number of hydrogen-bond donors (Lipinski definition) is 1. The molecular formula is C14H18N4O3. The van der Waals surface area contributed by atoms with E-state index in [2.05, 4.69) is 10.4 Å². The van der Waals surface area contributed by atoms with Crippen LogP contribution in [0.4, 0.5) is 10.5 Å². The molecule has 21 heavy (non-hydrogen) atoms. The molecule has 1 spiro atoms. The van der Waals surface area contributed by atoms with Crippen LogP contribution in [-0.2, 0) is 16.1 Å². The first-order valence-electron chi connectivity index (χ1n) is 7.31. The summed E-state index contributed by atoms with van der Waals surface area (Å²) in [7, 11) is 0. The van der Waals surface area contributed by atoms with Gasteiger partial charge in [0, 0.05) is 12.7 Å². The summed E-state index contributed by atoms with van der Waals surface area (Å²) in [6.07, 6.45) is 6.80. The highest BCUT2D eigenvalue weighted by Gasteiger charge is 2.54. The van der Waals surface area contributed by atoms with Crippen LogP contribution in [-0.4, -0.2) is 27.6 Å². The highest BCUT2D eigenvalue weighted by atomic mass is 16.2. The van der Waals surface area contributed by atoms with Crippen LogP contribution < -0.4 is 10.2 Å². The number of carbonyl (C=O) groups excluding carboxylic acids is 3. The monoisotopic (exact) mass is 290 g/mol. The highest BCUT2D eigenvalue weighted by molar-refractivity contribution is 6.29. The molecule has 0 atom stereocenters. The standard InChI is InChI=1S/C14H18N4O3/c1-2-17-9-10(8-15-17)18-12(20)14(6-4-3-5-7-14)11(19)16-13(18)21/h8-9H,2-7H2,1H3,(H,16,19,21). The van der Waals surface area contributed by atoms with Crippen LogP contribution in [0.2, 0.25) is 0 Å². The molecule has 0 bridgehead atoms. The number of urea groups is 1. The number of carbonyl (C=O) groups is 3. The average molecular weight is 290 g/mol. The van der Waals surface area contributed by atoms with Gasteiger partial charge in [0.15, 0.2) is 0 Å². The molecule has 112 valence electrons. The van der Waals surface area contributed by atoms with E-state index >= 15 is 0 Å². The van der Waals surface area contributed by atoms with E-state index in [0.29, 0.717) is 25.1 Å². The van der Waals surface area contributed by atoms with Crippen molar-refractivity contribution in [1.29, 1.82) is 0 Å². The van der Waals surface area contributed by atoms with Gasteiger partial charge in [0.2, 0.25) is 5.91 Å². The smallest absolute Gasteiger partial charge is 0.276 e. The second kappa shape index (κ2) is 4.98. The van der Waals surface area contributed by atoms with Crippen LogP contribution in [0, 0.1) is 5.41 Å². The summed E-state index contributed by atoms with van der Waals surface area (Å²) >= 11 is 0. The summed E-state index contributed by atoms with van der Waals surface area (Å²) in [4.78, 5) is 38.2. The number of barbiturate groups is 1. The van der Waals surface area contributed by atoms with Crippen LogP contribution in [0.1, 0.15) is 39.0 Å². The summed E-state index contributed by atoms with van der Waals surface area (Å²) in [5.41, 5.74) is -0.669. The van der Waals surface area contributed by atoms with E-state index in [-0.39, 0.29) is 0 Å². The maximum atomic E-state index is 12.8. The second-order valence-electron chi connectivity index (χ2n) is 5.60. The van der Waals surface area contributed by atoms with Crippen molar-refractivity contribution in [3.63, 3.8) is 0 Å². The molecule has 1 N–H and O–H groups in total. The van der Waals surface area contributed by atoms with Crippen molar-refractivity contribution in [2.24, 2.45) is 5.41 Å². The van der Waals surface area contributed by atoms with Crippen LogP contribution >= 0.6 is 0 Å². The third-order valence-corrected chi connectivity index (χ3v) is 4.38. The summed E-state index contributed by atoms with van der Waals surface area (Å²) in [6.45, 7) is 2.56. The molecule has 4 amide bonds. The summed E-state index contributed by atoms with van der Waals surface area (Å²) in [5.74, 6) is -0.858. The Bertz CT molecular complexity index is 601. The van der Waals surface area contributed by atoms with E-state index in [1.54, 1.807) is 10.9 Å². The zero-order valence-corrected chi connectivity index (χ0v) is 12.0. The van der Waals surface area contributed by atoms with Gasteiger partial charge in [0.05, 0.1) is 11.9 Å². The molecule has 1 saturated carbocycles. The molecule has 2 heterocycles. The van der Waals surface area contributed by atoms with E-state index in [1.165, 1.54) is 6.20 Å². The number of nitrogens with zero attached hydrogens (tertiary/aromatic N) is 3. The van der Waals surface area contributed by atoms with Gasteiger partial charge in [-0.3, -0.25) is 19.6 Å². The molecule has 1 aromatic heterocycles. The normalized spacial score (nSPS) is 21.8. The van der Waals surface area contributed by atoms with Crippen LogP contribution in [0.15, 0.2) is 12.4 Å². The molecule has 1 aromatic rings. The third-order valence-electron chi connectivity index (χ3n) is 4.38. The highest BCUT2D eigenvalue weighted by Crippen LogP contribution is 2.41. The fourth-order valence-corrected chi connectivity index (χ4v) is 3.15. The maximum absolute atomic E-state index is 12.8. The molecule has 7 heteroatoms. The van der Waals surface area contributed by atoms with Crippen LogP contribution in [0.25, 0.3) is 0 Å². The predicted octanol–water partition coefficient (Wildman–Crippen LogP) is 1.44. The zero-order valence-electron chi connectivity index (χ0n) is 12.0. The maximum Gasteiger partial charge on any atom is 0.335 e. The molecule has 0 radical (unpaired) electrons. The molecule has 2 aliphatic rings. The number of imide groups is 2. The zero-order chi connectivity index (χ0) is 15.0. The van der Waals surface area contributed by atoms with Gasteiger partial charge in [0.1, 0.15) is 5.41 Å². The Morgan fingerprint density at radius 2 is 1.95 bits per heavy atom. The minimum absolute atomic E-state index is 0.411. The molecule has 0 aromatic carbocycles. The number of amides is 4.